The number of hydrogen-bond donors (Lipinski definition) is 0. The number of carbonyl (C=O) groups excluding carboxylic acids is 1. The van der Waals surface area contributed by atoms with Gasteiger partial charge in [0.15, 0.2) is 0 Å². The molecule has 0 spiro atoms. The molecule has 6 nitrogen and oxygen atoms in total. The molecule has 0 N–H and O–H groups in total. The number of nitrogens with zero attached hydrogens (tertiary/aromatic N) is 3. The molecule has 2 saturated heterocycles. The van der Waals surface area contributed by atoms with Crippen molar-refractivity contribution in [1.29, 1.82) is 0 Å². The standard InChI is InChI=1S/C19H28ClN3O3S/c1-15-11-16(2)13-22(12-15)19(24)14-21-7-9-23(10-8-21)27(25,26)18-5-3-17(20)4-6-18/h3-6,15-16H,7-14H2,1-2H3. The molecule has 150 valence electrons. The van der Waals surface area contributed by atoms with Crippen molar-refractivity contribution in [1.82, 2.24) is 14.1 Å². The van der Waals surface area contributed by atoms with Crippen LogP contribution in [0.3, 0.4) is 0 Å². The van der Waals surface area contributed by atoms with Gasteiger partial charge in [-0.05, 0) is 42.5 Å². The van der Waals surface area contributed by atoms with Gasteiger partial charge in [-0.25, -0.2) is 8.42 Å². The second kappa shape index (κ2) is 8.47. The van der Waals surface area contributed by atoms with E-state index in [1.807, 2.05) is 4.90 Å². The molecule has 0 bridgehead atoms. The van der Waals surface area contributed by atoms with E-state index in [1.165, 1.54) is 22.9 Å². The first kappa shape index (κ1) is 20.6. The maximum absolute atomic E-state index is 12.7. The largest absolute Gasteiger partial charge is 0.341 e. The van der Waals surface area contributed by atoms with E-state index in [4.69, 9.17) is 11.6 Å². The molecule has 2 unspecified atom stereocenters. The van der Waals surface area contributed by atoms with E-state index in [1.54, 1.807) is 12.1 Å². The van der Waals surface area contributed by atoms with Gasteiger partial charge in [0.2, 0.25) is 15.9 Å². The third-order valence-corrected chi connectivity index (χ3v) is 7.53. The van der Waals surface area contributed by atoms with E-state index in [9.17, 15) is 13.2 Å². The SMILES string of the molecule is CC1CC(C)CN(C(=O)CN2CCN(S(=O)(=O)c3ccc(Cl)cc3)CC2)C1. The number of sulfonamides is 1. The monoisotopic (exact) mass is 413 g/mol. The fourth-order valence-corrected chi connectivity index (χ4v) is 5.59. The molecule has 8 heteroatoms. The van der Waals surface area contributed by atoms with Crippen LogP contribution < -0.4 is 0 Å². The minimum atomic E-state index is -3.51. The summed E-state index contributed by atoms with van der Waals surface area (Å²) >= 11 is 5.85. The quantitative estimate of drug-likeness (QED) is 0.758. The van der Waals surface area contributed by atoms with Gasteiger partial charge in [0.1, 0.15) is 0 Å². The third kappa shape index (κ3) is 5.02. The van der Waals surface area contributed by atoms with Crippen LogP contribution in [-0.4, -0.2) is 74.2 Å². The Labute approximate surface area is 167 Å². The topological polar surface area (TPSA) is 60.9 Å². The lowest BCUT2D eigenvalue weighted by atomic mass is 9.92. The van der Waals surface area contributed by atoms with Crippen LogP contribution in [0.15, 0.2) is 29.2 Å². The van der Waals surface area contributed by atoms with Crippen molar-refractivity contribution in [3.63, 3.8) is 0 Å². The molecule has 2 fully saturated rings. The summed E-state index contributed by atoms with van der Waals surface area (Å²) in [5.41, 5.74) is 0. The van der Waals surface area contributed by atoms with E-state index in [2.05, 4.69) is 18.7 Å². The zero-order valence-corrected chi connectivity index (χ0v) is 17.5. The summed E-state index contributed by atoms with van der Waals surface area (Å²) in [6.07, 6.45) is 1.17. The fraction of sp³-hybridized carbons (Fsp3) is 0.632. The average Bonchev–Trinajstić information content (AvgIpc) is 2.61. The van der Waals surface area contributed by atoms with Gasteiger partial charge < -0.3 is 4.90 Å². The van der Waals surface area contributed by atoms with Crippen molar-refractivity contribution in [3.05, 3.63) is 29.3 Å². The predicted molar refractivity (Wildman–Crippen MR) is 106 cm³/mol. The molecule has 27 heavy (non-hydrogen) atoms. The summed E-state index contributed by atoms with van der Waals surface area (Å²) in [7, 11) is -3.51. The molecule has 3 rings (SSSR count). The Bertz CT molecular complexity index is 751. The third-order valence-electron chi connectivity index (χ3n) is 5.36. The van der Waals surface area contributed by atoms with Gasteiger partial charge in [-0.15, -0.1) is 0 Å². The summed E-state index contributed by atoms with van der Waals surface area (Å²) in [5, 5.41) is 0.513. The van der Waals surface area contributed by atoms with Gasteiger partial charge >= 0.3 is 0 Å². The van der Waals surface area contributed by atoms with E-state index in [0.717, 1.165) is 13.1 Å². The Balaban J connectivity index is 1.54. The molecular weight excluding hydrogens is 386 g/mol. The van der Waals surface area contributed by atoms with Crippen molar-refractivity contribution in [2.75, 3.05) is 45.8 Å². The van der Waals surface area contributed by atoms with Gasteiger partial charge in [0.25, 0.3) is 0 Å². The van der Waals surface area contributed by atoms with Gasteiger partial charge in [0, 0.05) is 44.3 Å². The lowest BCUT2D eigenvalue weighted by molar-refractivity contribution is -0.135. The van der Waals surface area contributed by atoms with Gasteiger partial charge in [0.05, 0.1) is 11.4 Å². The maximum Gasteiger partial charge on any atom is 0.243 e. The fourth-order valence-electron chi connectivity index (χ4n) is 4.04. The van der Waals surface area contributed by atoms with Crippen molar-refractivity contribution in [3.8, 4) is 0 Å². The molecule has 2 aliphatic rings. The summed E-state index contributed by atoms with van der Waals surface area (Å²) in [6.45, 7) is 8.33. The molecule has 0 aromatic heterocycles. The number of piperidine rings is 1. The summed E-state index contributed by atoms with van der Waals surface area (Å²) in [6, 6.07) is 6.24. The molecule has 0 radical (unpaired) electrons. The highest BCUT2D eigenvalue weighted by Gasteiger charge is 2.31. The van der Waals surface area contributed by atoms with Crippen LogP contribution >= 0.6 is 11.6 Å². The number of carbonyl (C=O) groups is 1. The number of likely N-dealkylation sites (tertiary alicyclic amines) is 1. The lowest BCUT2D eigenvalue weighted by Gasteiger charge is -2.38. The highest BCUT2D eigenvalue weighted by Crippen LogP contribution is 2.22. The molecule has 2 aliphatic heterocycles. The van der Waals surface area contributed by atoms with Crippen LogP contribution in [0.5, 0.6) is 0 Å². The molecule has 1 amide bonds. The number of hydrogen-bond acceptors (Lipinski definition) is 4. The minimum Gasteiger partial charge on any atom is -0.341 e. The molecule has 1 aromatic carbocycles. The summed E-state index contributed by atoms with van der Waals surface area (Å²) in [4.78, 5) is 16.9. The highest BCUT2D eigenvalue weighted by atomic mass is 35.5. The Morgan fingerprint density at radius 2 is 1.59 bits per heavy atom. The maximum atomic E-state index is 12.7. The first-order valence-corrected chi connectivity index (χ1v) is 11.3. The van der Waals surface area contributed by atoms with E-state index in [-0.39, 0.29) is 10.8 Å². The normalized spacial score (nSPS) is 25.5. The number of rotatable bonds is 4. The van der Waals surface area contributed by atoms with Crippen LogP contribution in [0.2, 0.25) is 5.02 Å². The minimum absolute atomic E-state index is 0.155. The zero-order valence-electron chi connectivity index (χ0n) is 16.0. The average molecular weight is 414 g/mol. The molecule has 0 aliphatic carbocycles. The molecule has 2 heterocycles. The first-order chi connectivity index (χ1) is 12.8. The van der Waals surface area contributed by atoms with Crippen molar-refractivity contribution < 1.29 is 13.2 Å². The number of amides is 1. The number of benzene rings is 1. The number of halogens is 1. The van der Waals surface area contributed by atoms with Gasteiger partial charge in [-0.1, -0.05) is 25.4 Å². The Morgan fingerprint density at radius 3 is 2.15 bits per heavy atom. The predicted octanol–water partition coefficient (Wildman–Crippen LogP) is 2.15. The first-order valence-electron chi connectivity index (χ1n) is 9.51. The van der Waals surface area contributed by atoms with Crippen LogP contribution in [0.4, 0.5) is 0 Å². The van der Waals surface area contributed by atoms with Crippen molar-refractivity contribution in [2.45, 2.75) is 25.2 Å². The van der Waals surface area contributed by atoms with E-state index >= 15 is 0 Å². The van der Waals surface area contributed by atoms with Crippen molar-refractivity contribution >= 4 is 27.5 Å². The number of piperazine rings is 1. The van der Waals surface area contributed by atoms with Crippen LogP contribution in [0.1, 0.15) is 20.3 Å². The second-order valence-electron chi connectivity index (χ2n) is 7.88. The van der Waals surface area contributed by atoms with E-state index in [0.29, 0.717) is 49.6 Å². The second-order valence-corrected chi connectivity index (χ2v) is 10.3. The molecule has 0 saturated carbocycles. The zero-order chi connectivity index (χ0) is 19.6. The Hall–Kier alpha value is -1.15. The van der Waals surface area contributed by atoms with E-state index < -0.39 is 10.0 Å². The summed E-state index contributed by atoms with van der Waals surface area (Å²) < 4.78 is 27.0. The van der Waals surface area contributed by atoms with Crippen LogP contribution in [0, 0.1) is 11.8 Å². The van der Waals surface area contributed by atoms with Gasteiger partial charge in [-0.2, -0.15) is 4.31 Å². The Kier molecular flexibility index (Phi) is 6.46. The molecular formula is C19H28ClN3O3S. The smallest absolute Gasteiger partial charge is 0.243 e. The molecule has 1 aromatic rings. The summed E-state index contributed by atoms with van der Waals surface area (Å²) in [5.74, 6) is 1.24. The Morgan fingerprint density at radius 1 is 1.04 bits per heavy atom. The highest BCUT2D eigenvalue weighted by molar-refractivity contribution is 7.89. The van der Waals surface area contributed by atoms with Gasteiger partial charge in [-0.3, -0.25) is 9.69 Å². The van der Waals surface area contributed by atoms with Crippen LogP contribution in [0.25, 0.3) is 0 Å². The van der Waals surface area contributed by atoms with Crippen molar-refractivity contribution in [2.24, 2.45) is 11.8 Å². The molecule has 2 atom stereocenters. The van der Waals surface area contributed by atoms with Crippen LogP contribution in [-0.2, 0) is 14.8 Å². The lowest BCUT2D eigenvalue weighted by Crippen LogP contribution is -2.52.